The molecule has 4 heteroatoms. The van der Waals surface area contributed by atoms with Gasteiger partial charge in [-0.25, -0.2) is 4.39 Å². The first kappa shape index (κ1) is 14.1. The van der Waals surface area contributed by atoms with Crippen LogP contribution in [0.15, 0.2) is 42.5 Å². The Hall–Kier alpha value is -2.36. The third-order valence-corrected chi connectivity index (χ3v) is 2.79. The molecule has 0 bridgehead atoms. The highest BCUT2D eigenvalue weighted by Crippen LogP contribution is 2.17. The molecule has 20 heavy (non-hydrogen) atoms. The fourth-order valence-electron chi connectivity index (χ4n) is 1.80. The summed E-state index contributed by atoms with van der Waals surface area (Å²) < 4.78 is 19.0. The molecule has 0 aromatic heterocycles. The Morgan fingerprint density at radius 1 is 1.20 bits per heavy atom. The largest absolute Gasteiger partial charge is 0.494 e. The van der Waals surface area contributed by atoms with Gasteiger partial charge in [-0.2, -0.15) is 0 Å². The number of hydrogen-bond acceptors (Lipinski definition) is 2. The van der Waals surface area contributed by atoms with Gasteiger partial charge in [0.1, 0.15) is 11.6 Å². The minimum Gasteiger partial charge on any atom is -0.494 e. The highest BCUT2D eigenvalue weighted by atomic mass is 19.1. The second kappa shape index (κ2) is 6.19. The smallest absolute Gasteiger partial charge is 0.258 e. The molecular formula is C16H16FNO2. The lowest BCUT2D eigenvalue weighted by Crippen LogP contribution is -2.13. The van der Waals surface area contributed by atoms with Gasteiger partial charge in [-0.15, -0.1) is 0 Å². The number of ether oxygens (including phenoxy) is 1. The van der Waals surface area contributed by atoms with Gasteiger partial charge in [-0.3, -0.25) is 4.79 Å². The number of amides is 1. The first-order valence-electron chi connectivity index (χ1n) is 6.40. The van der Waals surface area contributed by atoms with Gasteiger partial charge in [0, 0.05) is 5.69 Å². The van der Waals surface area contributed by atoms with Crippen molar-refractivity contribution in [3.05, 3.63) is 59.4 Å². The predicted molar refractivity (Wildman–Crippen MR) is 76.7 cm³/mol. The van der Waals surface area contributed by atoms with Gasteiger partial charge in [-0.05, 0) is 55.8 Å². The molecule has 2 aromatic carbocycles. The van der Waals surface area contributed by atoms with Crippen LogP contribution in [0.3, 0.4) is 0 Å². The molecule has 0 saturated carbocycles. The Kier molecular flexibility index (Phi) is 4.35. The molecule has 1 amide bonds. The van der Waals surface area contributed by atoms with Gasteiger partial charge in [0.05, 0.1) is 12.2 Å². The molecule has 0 aliphatic rings. The van der Waals surface area contributed by atoms with Crippen molar-refractivity contribution in [2.45, 2.75) is 13.8 Å². The number of anilines is 1. The van der Waals surface area contributed by atoms with Crippen molar-refractivity contribution in [2.24, 2.45) is 0 Å². The molecule has 0 saturated heterocycles. The molecule has 0 unspecified atom stereocenters. The maximum Gasteiger partial charge on any atom is 0.258 e. The van der Waals surface area contributed by atoms with E-state index < -0.39 is 11.7 Å². The van der Waals surface area contributed by atoms with Crippen molar-refractivity contribution >= 4 is 11.6 Å². The van der Waals surface area contributed by atoms with Crippen molar-refractivity contribution in [3.63, 3.8) is 0 Å². The van der Waals surface area contributed by atoms with E-state index in [2.05, 4.69) is 5.32 Å². The van der Waals surface area contributed by atoms with Gasteiger partial charge in [-0.1, -0.05) is 6.07 Å². The molecule has 0 heterocycles. The summed E-state index contributed by atoms with van der Waals surface area (Å²) in [5.41, 5.74) is 1.41. The molecule has 0 aliphatic heterocycles. The van der Waals surface area contributed by atoms with Gasteiger partial charge in [0.15, 0.2) is 0 Å². The summed E-state index contributed by atoms with van der Waals surface area (Å²) in [6.45, 7) is 4.26. The molecule has 0 aliphatic carbocycles. The van der Waals surface area contributed by atoms with Crippen LogP contribution in [0.25, 0.3) is 0 Å². The van der Waals surface area contributed by atoms with Crippen molar-refractivity contribution < 1.29 is 13.9 Å². The summed E-state index contributed by atoms with van der Waals surface area (Å²) in [6.07, 6.45) is 0. The molecule has 0 radical (unpaired) electrons. The number of halogens is 1. The lowest BCUT2D eigenvalue weighted by Gasteiger charge is -2.08. The first-order chi connectivity index (χ1) is 9.60. The monoisotopic (exact) mass is 273 g/mol. The Morgan fingerprint density at radius 2 is 1.90 bits per heavy atom. The molecule has 3 nitrogen and oxygen atoms in total. The van der Waals surface area contributed by atoms with Gasteiger partial charge in [0.2, 0.25) is 0 Å². The second-order valence-corrected chi connectivity index (χ2v) is 4.39. The molecule has 2 rings (SSSR count). The normalized spacial score (nSPS) is 10.2. The van der Waals surface area contributed by atoms with E-state index in [1.54, 1.807) is 37.3 Å². The average molecular weight is 273 g/mol. The van der Waals surface area contributed by atoms with E-state index in [0.717, 1.165) is 11.3 Å². The van der Waals surface area contributed by atoms with Crippen molar-refractivity contribution in [2.75, 3.05) is 11.9 Å². The lowest BCUT2D eigenvalue weighted by atomic mass is 10.1. The van der Waals surface area contributed by atoms with Crippen LogP contribution >= 0.6 is 0 Å². The fourth-order valence-corrected chi connectivity index (χ4v) is 1.80. The maximum atomic E-state index is 13.7. The first-order valence-corrected chi connectivity index (χ1v) is 6.40. The van der Waals surface area contributed by atoms with Crippen LogP contribution in [0.5, 0.6) is 5.75 Å². The summed E-state index contributed by atoms with van der Waals surface area (Å²) >= 11 is 0. The Balaban J connectivity index is 2.11. The quantitative estimate of drug-likeness (QED) is 0.920. The zero-order valence-electron chi connectivity index (χ0n) is 11.4. The summed E-state index contributed by atoms with van der Waals surface area (Å²) in [4.78, 5) is 12.0. The average Bonchev–Trinajstić information content (AvgIpc) is 2.41. The van der Waals surface area contributed by atoms with E-state index >= 15 is 0 Å². The standard InChI is InChI=1S/C16H16FNO2/c1-3-20-13-7-5-12(6-8-13)18-16(19)14-9-4-11(2)10-15(14)17/h4-10H,3H2,1-2H3,(H,18,19). The van der Waals surface area contributed by atoms with Crippen LogP contribution < -0.4 is 10.1 Å². The van der Waals surface area contributed by atoms with Gasteiger partial charge in [0.25, 0.3) is 5.91 Å². The number of carbonyl (C=O) groups is 1. The van der Waals surface area contributed by atoms with Crippen molar-refractivity contribution in [3.8, 4) is 5.75 Å². The molecule has 1 N–H and O–H groups in total. The third-order valence-electron chi connectivity index (χ3n) is 2.79. The minimum atomic E-state index is -0.520. The van der Waals surface area contributed by atoms with Gasteiger partial charge < -0.3 is 10.1 Å². The summed E-state index contributed by atoms with van der Waals surface area (Å²) in [6, 6.07) is 11.5. The number of aryl methyl sites for hydroxylation is 1. The number of carbonyl (C=O) groups excluding carboxylic acids is 1. The molecule has 2 aromatic rings. The van der Waals surface area contributed by atoms with Crippen LogP contribution in [-0.4, -0.2) is 12.5 Å². The molecule has 0 spiro atoms. The van der Waals surface area contributed by atoms with Gasteiger partial charge >= 0.3 is 0 Å². The van der Waals surface area contributed by atoms with E-state index in [1.807, 2.05) is 6.92 Å². The second-order valence-electron chi connectivity index (χ2n) is 4.39. The molecule has 104 valence electrons. The summed E-state index contributed by atoms with van der Waals surface area (Å²) in [7, 11) is 0. The van der Waals surface area contributed by atoms with E-state index in [1.165, 1.54) is 12.1 Å². The molecular weight excluding hydrogens is 257 g/mol. The predicted octanol–water partition coefficient (Wildman–Crippen LogP) is 3.79. The Bertz CT molecular complexity index is 608. The van der Waals surface area contributed by atoms with E-state index in [9.17, 15) is 9.18 Å². The number of nitrogens with one attached hydrogen (secondary N) is 1. The summed E-state index contributed by atoms with van der Waals surface area (Å²) in [5, 5.41) is 2.65. The van der Waals surface area contributed by atoms with Crippen molar-refractivity contribution in [1.82, 2.24) is 0 Å². The molecule has 0 fully saturated rings. The fraction of sp³-hybridized carbons (Fsp3) is 0.188. The number of rotatable bonds is 4. The van der Waals surface area contributed by atoms with Crippen molar-refractivity contribution in [1.29, 1.82) is 0 Å². The highest BCUT2D eigenvalue weighted by Gasteiger charge is 2.11. The van der Waals surface area contributed by atoms with E-state index in [-0.39, 0.29) is 5.56 Å². The maximum absolute atomic E-state index is 13.7. The number of hydrogen-bond donors (Lipinski definition) is 1. The zero-order valence-corrected chi connectivity index (χ0v) is 11.4. The highest BCUT2D eigenvalue weighted by molar-refractivity contribution is 6.04. The van der Waals surface area contributed by atoms with Crippen LogP contribution in [0.4, 0.5) is 10.1 Å². The SMILES string of the molecule is CCOc1ccc(NC(=O)c2ccc(C)cc2F)cc1. The molecule has 0 atom stereocenters. The number of benzene rings is 2. The van der Waals surface area contributed by atoms with E-state index in [0.29, 0.717) is 12.3 Å². The Morgan fingerprint density at radius 3 is 2.50 bits per heavy atom. The van der Waals surface area contributed by atoms with E-state index in [4.69, 9.17) is 4.74 Å². The third kappa shape index (κ3) is 3.35. The van der Waals surface area contributed by atoms with Crippen LogP contribution in [-0.2, 0) is 0 Å². The minimum absolute atomic E-state index is 0.0319. The Labute approximate surface area is 117 Å². The topological polar surface area (TPSA) is 38.3 Å². The van der Waals surface area contributed by atoms with Crippen LogP contribution in [0.2, 0.25) is 0 Å². The summed E-state index contributed by atoms with van der Waals surface area (Å²) in [5.74, 6) is -0.257. The van der Waals surface area contributed by atoms with Crippen LogP contribution in [0.1, 0.15) is 22.8 Å². The zero-order chi connectivity index (χ0) is 14.5. The van der Waals surface area contributed by atoms with Crippen LogP contribution in [0, 0.1) is 12.7 Å². The lowest BCUT2D eigenvalue weighted by molar-refractivity contribution is 0.102.